The molecular weight excluding hydrogens is 248 g/mol. The van der Waals surface area contributed by atoms with Crippen molar-refractivity contribution in [1.29, 1.82) is 0 Å². The second-order valence-corrected chi connectivity index (χ2v) is 5.23. The second kappa shape index (κ2) is 5.10. The van der Waals surface area contributed by atoms with Gasteiger partial charge in [-0.3, -0.25) is 0 Å². The molecule has 1 unspecified atom stereocenters. The van der Waals surface area contributed by atoms with E-state index >= 15 is 0 Å². The van der Waals surface area contributed by atoms with Gasteiger partial charge in [-0.15, -0.1) is 0 Å². The van der Waals surface area contributed by atoms with Crippen LogP contribution in [0.2, 0.25) is 0 Å². The van der Waals surface area contributed by atoms with Gasteiger partial charge in [0.2, 0.25) is 0 Å². The normalized spacial score (nSPS) is 12.8. The summed E-state index contributed by atoms with van der Waals surface area (Å²) in [6, 6.07) is 14.0. The highest BCUT2D eigenvalue weighted by Crippen LogP contribution is 2.21. The van der Waals surface area contributed by atoms with Crippen LogP contribution in [-0.4, -0.2) is 4.98 Å². The van der Waals surface area contributed by atoms with Crippen molar-refractivity contribution in [2.45, 2.75) is 26.3 Å². The number of para-hydroxylation sites is 2. The second-order valence-electron chi connectivity index (χ2n) is 5.23. The summed E-state index contributed by atoms with van der Waals surface area (Å²) in [4.78, 5) is 4.47. The molecule has 1 atom stereocenters. The molecule has 0 aliphatic heterocycles. The molecule has 0 aliphatic rings. The van der Waals surface area contributed by atoms with Crippen LogP contribution in [0.4, 0.5) is 0 Å². The van der Waals surface area contributed by atoms with Crippen LogP contribution in [0, 0.1) is 13.8 Å². The number of oxazole rings is 1. The largest absolute Gasteiger partial charge is 0.441 e. The van der Waals surface area contributed by atoms with Gasteiger partial charge in [-0.2, -0.15) is 0 Å². The molecule has 1 heterocycles. The Kier molecular flexibility index (Phi) is 3.28. The highest BCUT2D eigenvalue weighted by Gasteiger charge is 2.12. The monoisotopic (exact) mass is 266 g/mol. The molecule has 0 fully saturated rings. The molecule has 3 nitrogen and oxygen atoms in total. The van der Waals surface area contributed by atoms with E-state index < -0.39 is 0 Å². The number of nitrogens with zero attached hydrogens (tertiary/aromatic N) is 1. The summed E-state index contributed by atoms with van der Waals surface area (Å²) in [5.74, 6) is 0.692. The Morgan fingerprint density at radius 2 is 1.90 bits per heavy atom. The first-order valence-corrected chi connectivity index (χ1v) is 6.80. The van der Waals surface area contributed by atoms with Crippen molar-refractivity contribution in [3.8, 4) is 0 Å². The fourth-order valence-electron chi connectivity index (χ4n) is 2.31. The van der Waals surface area contributed by atoms with Crippen molar-refractivity contribution in [3.63, 3.8) is 0 Å². The average Bonchev–Trinajstić information content (AvgIpc) is 2.83. The molecule has 0 aliphatic carbocycles. The molecule has 20 heavy (non-hydrogen) atoms. The van der Waals surface area contributed by atoms with Gasteiger partial charge in [0, 0.05) is 12.5 Å². The molecule has 0 amide bonds. The standard InChI is InChI=1S/C17H18N2O/c1-11-7-8-13(9-12(11)2)14(18)10-17-19-15-5-3-4-6-16(15)20-17/h3-9,14H,10,18H2,1-2H3. The Bertz CT molecular complexity index is 713. The number of benzene rings is 2. The van der Waals surface area contributed by atoms with Gasteiger partial charge in [-0.05, 0) is 42.7 Å². The molecule has 0 spiro atoms. The summed E-state index contributed by atoms with van der Waals surface area (Å²) in [5, 5.41) is 0. The van der Waals surface area contributed by atoms with Gasteiger partial charge in [0.1, 0.15) is 5.52 Å². The van der Waals surface area contributed by atoms with Crippen LogP contribution in [0.5, 0.6) is 0 Å². The van der Waals surface area contributed by atoms with Crippen molar-refractivity contribution in [3.05, 3.63) is 65.0 Å². The summed E-state index contributed by atoms with van der Waals surface area (Å²) in [7, 11) is 0. The van der Waals surface area contributed by atoms with E-state index in [0.717, 1.165) is 16.7 Å². The minimum absolute atomic E-state index is 0.0950. The van der Waals surface area contributed by atoms with E-state index in [4.69, 9.17) is 10.2 Å². The lowest BCUT2D eigenvalue weighted by molar-refractivity contribution is 0.502. The molecule has 0 bridgehead atoms. The van der Waals surface area contributed by atoms with Crippen molar-refractivity contribution in [2.75, 3.05) is 0 Å². The topological polar surface area (TPSA) is 52.0 Å². The first-order chi connectivity index (χ1) is 9.63. The smallest absolute Gasteiger partial charge is 0.197 e. The van der Waals surface area contributed by atoms with Gasteiger partial charge < -0.3 is 10.2 Å². The quantitative estimate of drug-likeness (QED) is 0.786. The van der Waals surface area contributed by atoms with E-state index in [1.165, 1.54) is 11.1 Å². The van der Waals surface area contributed by atoms with Crippen LogP contribution < -0.4 is 5.73 Å². The zero-order valence-electron chi connectivity index (χ0n) is 11.8. The van der Waals surface area contributed by atoms with Gasteiger partial charge in [-0.25, -0.2) is 4.98 Å². The Balaban J connectivity index is 1.84. The van der Waals surface area contributed by atoms with Crippen LogP contribution >= 0.6 is 0 Å². The van der Waals surface area contributed by atoms with E-state index in [9.17, 15) is 0 Å². The zero-order chi connectivity index (χ0) is 14.1. The fourth-order valence-corrected chi connectivity index (χ4v) is 2.31. The molecule has 3 aromatic rings. The van der Waals surface area contributed by atoms with Crippen molar-refractivity contribution < 1.29 is 4.42 Å². The number of fused-ring (bicyclic) bond motifs is 1. The molecule has 0 radical (unpaired) electrons. The molecule has 3 rings (SSSR count). The number of rotatable bonds is 3. The summed E-state index contributed by atoms with van der Waals surface area (Å²) < 4.78 is 5.72. The Morgan fingerprint density at radius 3 is 2.65 bits per heavy atom. The molecule has 3 heteroatoms. The third kappa shape index (κ3) is 2.45. The predicted molar refractivity (Wildman–Crippen MR) is 80.6 cm³/mol. The minimum Gasteiger partial charge on any atom is -0.441 e. The maximum Gasteiger partial charge on any atom is 0.197 e. The maximum absolute atomic E-state index is 6.27. The Labute approximate surface area is 118 Å². The van der Waals surface area contributed by atoms with Crippen molar-refractivity contribution in [2.24, 2.45) is 5.73 Å². The first kappa shape index (κ1) is 12.9. The molecule has 0 saturated carbocycles. The summed E-state index contributed by atoms with van der Waals surface area (Å²) >= 11 is 0. The maximum atomic E-state index is 6.27. The highest BCUT2D eigenvalue weighted by atomic mass is 16.3. The lowest BCUT2D eigenvalue weighted by atomic mass is 10.00. The Morgan fingerprint density at radius 1 is 1.10 bits per heavy atom. The van der Waals surface area contributed by atoms with E-state index in [-0.39, 0.29) is 6.04 Å². The van der Waals surface area contributed by atoms with Crippen molar-refractivity contribution in [1.82, 2.24) is 4.98 Å². The summed E-state index contributed by atoms with van der Waals surface area (Å²) in [5.41, 5.74) is 11.6. The third-order valence-electron chi connectivity index (χ3n) is 3.69. The van der Waals surface area contributed by atoms with E-state index in [1.807, 2.05) is 24.3 Å². The van der Waals surface area contributed by atoms with Gasteiger partial charge in [-0.1, -0.05) is 30.3 Å². The number of hydrogen-bond donors (Lipinski definition) is 1. The average molecular weight is 266 g/mol. The molecular formula is C17H18N2O. The number of aromatic nitrogens is 1. The molecule has 102 valence electrons. The molecule has 1 aromatic heterocycles. The lowest BCUT2D eigenvalue weighted by Crippen LogP contribution is -2.13. The number of nitrogens with two attached hydrogens (primary N) is 1. The SMILES string of the molecule is Cc1ccc(C(N)Cc2nc3ccccc3o2)cc1C. The van der Waals surface area contributed by atoms with E-state index in [1.54, 1.807) is 0 Å². The van der Waals surface area contributed by atoms with Crippen LogP contribution in [0.25, 0.3) is 11.1 Å². The Hall–Kier alpha value is -2.13. The highest BCUT2D eigenvalue weighted by molar-refractivity contribution is 5.72. The summed E-state index contributed by atoms with van der Waals surface area (Å²) in [6.07, 6.45) is 0.608. The van der Waals surface area contributed by atoms with Crippen LogP contribution in [0.3, 0.4) is 0 Å². The molecule has 2 N–H and O–H groups in total. The predicted octanol–water partition coefficient (Wildman–Crippen LogP) is 3.69. The van der Waals surface area contributed by atoms with Gasteiger partial charge in [0.15, 0.2) is 11.5 Å². The molecule has 0 saturated heterocycles. The number of aryl methyl sites for hydroxylation is 2. The minimum atomic E-state index is -0.0950. The molecule has 2 aromatic carbocycles. The lowest BCUT2D eigenvalue weighted by Gasteiger charge is -2.11. The van der Waals surface area contributed by atoms with Gasteiger partial charge >= 0.3 is 0 Å². The third-order valence-corrected chi connectivity index (χ3v) is 3.69. The summed E-state index contributed by atoms with van der Waals surface area (Å²) in [6.45, 7) is 4.20. The van der Waals surface area contributed by atoms with E-state index in [0.29, 0.717) is 12.3 Å². The van der Waals surface area contributed by atoms with Crippen LogP contribution in [-0.2, 0) is 6.42 Å². The van der Waals surface area contributed by atoms with Crippen LogP contribution in [0.1, 0.15) is 28.6 Å². The number of hydrogen-bond acceptors (Lipinski definition) is 3. The van der Waals surface area contributed by atoms with Crippen molar-refractivity contribution >= 4 is 11.1 Å². The van der Waals surface area contributed by atoms with E-state index in [2.05, 4.69) is 37.0 Å². The van der Waals surface area contributed by atoms with Crippen LogP contribution in [0.15, 0.2) is 46.9 Å². The van der Waals surface area contributed by atoms with Gasteiger partial charge in [0.05, 0.1) is 0 Å². The fraction of sp³-hybridized carbons (Fsp3) is 0.235. The van der Waals surface area contributed by atoms with Gasteiger partial charge in [0.25, 0.3) is 0 Å². The first-order valence-electron chi connectivity index (χ1n) is 6.80. The zero-order valence-corrected chi connectivity index (χ0v) is 11.8.